The summed E-state index contributed by atoms with van der Waals surface area (Å²) in [5.74, 6) is 0.518. The fourth-order valence-electron chi connectivity index (χ4n) is 1.34. The van der Waals surface area contributed by atoms with Crippen molar-refractivity contribution in [1.29, 1.82) is 0 Å². The molecule has 0 saturated heterocycles. The average Bonchev–Trinajstić information content (AvgIpc) is 2.27. The molecule has 0 heterocycles. The van der Waals surface area contributed by atoms with Crippen LogP contribution in [0, 0.1) is 5.92 Å². The molecular weight excluding hydrogens is 222 g/mol. The van der Waals surface area contributed by atoms with Crippen LogP contribution in [-0.4, -0.2) is 48.7 Å². The van der Waals surface area contributed by atoms with E-state index in [2.05, 4.69) is 5.16 Å². The Morgan fingerprint density at radius 3 is 2.59 bits per heavy atom. The Morgan fingerprint density at radius 1 is 1.47 bits per heavy atom. The molecule has 0 spiro atoms. The molecule has 0 atom stereocenters. The number of hydrogen-bond donors (Lipinski definition) is 2. The molecule has 3 N–H and O–H groups in total. The van der Waals surface area contributed by atoms with Crippen molar-refractivity contribution in [2.24, 2.45) is 16.8 Å². The van der Waals surface area contributed by atoms with Crippen molar-refractivity contribution in [3.05, 3.63) is 0 Å². The first-order valence-corrected chi connectivity index (χ1v) is 5.74. The summed E-state index contributed by atoms with van der Waals surface area (Å²) in [7, 11) is 1.59. The number of carbonyl (C=O) groups is 1. The van der Waals surface area contributed by atoms with E-state index in [1.807, 2.05) is 13.8 Å². The number of amidine groups is 1. The molecule has 0 aliphatic heterocycles. The predicted molar refractivity (Wildman–Crippen MR) is 65.9 cm³/mol. The number of methoxy groups -OCH3 is 1. The lowest BCUT2D eigenvalue weighted by Gasteiger charge is -2.23. The van der Waals surface area contributed by atoms with Crippen molar-refractivity contribution in [3.8, 4) is 0 Å². The number of rotatable bonds is 8. The van der Waals surface area contributed by atoms with Gasteiger partial charge in [0.25, 0.3) is 0 Å². The highest BCUT2D eigenvalue weighted by molar-refractivity contribution is 5.81. The minimum Gasteiger partial charge on any atom is -0.409 e. The van der Waals surface area contributed by atoms with Crippen LogP contribution >= 0.6 is 0 Å². The average molecular weight is 245 g/mol. The molecule has 6 nitrogen and oxygen atoms in total. The summed E-state index contributed by atoms with van der Waals surface area (Å²) in [6.45, 7) is 5.46. The Morgan fingerprint density at radius 2 is 2.12 bits per heavy atom. The minimum atomic E-state index is 0.0720. The first kappa shape index (κ1) is 15.7. The van der Waals surface area contributed by atoms with Gasteiger partial charge in [-0.15, -0.1) is 0 Å². The van der Waals surface area contributed by atoms with E-state index in [1.165, 1.54) is 0 Å². The Kier molecular flexibility index (Phi) is 8.13. The molecular formula is C11H23N3O3. The Balaban J connectivity index is 4.26. The van der Waals surface area contributed by atoms with Gasteiger partial charge in [0.2, 0.25) is 5.91 Å². The smallest absolute Gasteiger partial charge is 0.222 e. The summed E-state index contributed by atoms with van der Waals surface area (Å²) in [5.41, 5.74) is 5.38. The third kappa shape index (κ3) is 7.57. The van der Waals surface area contributed by atoms with Gasteiger partial charge in [0.15, 0.2) is 0 Å². The quantitative estimate of drug-likeness (QED) is 0.284. The molecule has 6 heteroatoms. The largest absolute Gasteiger partial charge is 0.409 e. The molecule has 0 aromatic heterocycles. The van der Waals surface area contributed by atoms with Crippen LogP contribution in [0.3, 0.4) is 0 Å². The van der Waals surface area contributed by atoms with Gasteiger partial charge in [0.05, 0.1) is 6.61 Å². The highest BCUT2D eigenvalue weighted by atomic mass is 16.5. The normalized spacial score (nSPS) is 11.9. The maximum Gasteiger partial charge on any atom is 0.222 e. The van der Waals surface area contributed by atoms with Gasteiger partial charge in [-0.05, 0) is 5.92 Å². The number of nitrogens with zero attached hydrogens (tertiary/aromatic N) is 2. The van der Waals surface area contributed by atoms with E-state index in [0.29, 0.717) is 38.5 Å². The molecule has 17 heavy (non-hydrogen) atoms. The fourth-order valence-corrected chi connectivity index (χ4v) is 1.34. The highest BCUT2D eigenvalue weighted by Gasteiger charge is 2.14. The van der Waals surface area contributed by atoms with Crippen molar-refractivity contribution in [2.45, 2.75) is 26.7 Å². The summed E-state index contributed by atoms with van der Waals surface area (Å²) in [5, 5.41) is 11.3. The molecule has 0 radical (unpaired) electrons. The van der Waals surface area contributed by atoms with Crippen LogP contribution < -0.4 is 5.73 Å². The fraction of sp³-hybridized carbons (Fsp3) is 0.818. The first-order chi connectivity index (χ1) is 8.01. The minimum absolute atomic E-state index is 0.0720. The van der Waals surface area contributed by atoms with Gasteiger partial charge in [0.1, 0.15) is 5.84 Å². The Bertz CT molecular complexity index is 254. The van der Waals surface area contributed by atoms with Gasteiger partial charge in [-0.25, -0.2) is 0 Å². The van der Waals surface area contributed by atoms with Gasteiger partial charge in [-0.3, -0.25) is 4.79 Å². The maximum absolute atomic E-state index is 11.9. The van der Waals surface area contributed by atoms with Crippen LogP contribution in [0.15, 0.2) is 5.16 Å². The summed E-state index contributed by atoms with van der Waals surface area (Å²) < 4.78 is 4.96. The van der Waals surface area contributed by atoms with E-state index < -0.39 is 0 Å². The molecule has 0 fully saturated rings. The topological polar surface area (TPSA) is 88.2 Å². The van der Waals surface area contributed by atoms with Crippen molar-refractivity contribution in [2.75, 3.05) is 26.8 Å². The molecule has 1 amide bonds. The summed E-state index contributed by atoms with van der Waals surface area (Å²) in [6.07, 6.45) is 0.865. The van der Waals surface area contributed by atoms with Crippen molar-refractivity contribution in [1.82, 2.24) is 4.90 Å². The van der Waals surface area contributed by atoms with Crippen LogP contribution in [0.25, 0.3) is 0 Å². The molecule has 0 rings (SSSR count). The first-order valence-electron chi connectivity index (χ1n) is 5.74. The monoisotopic (exact) mass is 245 g/mol. The summed E-state index contributed by atoms with van der Waals surface area (Å²) >= 11 is 0. The number of oxime groups is 1. The molecule has 0 unspecified atom stereocenters. The number of nitrogens with two attached hydrogens (primary N) is 1. The van der Waals surface area contributed by atoms with E-state index in [-0.39, 0.29) is 11.7 Å². The zero-order valence-corrected chi connectivity index (χ0v) is 10.8. The van der Waals surface area contributed by atoms with Crippen LogP contribution in [0.4, 0.5) is 0 Å². The second kappa shape index (κ2) is 8.81. The van der Waals surface area contributed by atoms with Gasteiger partial charge >= 0.3 is 0 Å². The number of ether oxygens (including phenoxy) is 1. The highest BCUT2D eigenvalue weighted by Crippen LogP contribution is 2.05. The number of hydrogen-bond acceptors (Lipinski definition) is 4. The summed E-state index contributed by atoms with van der Waals surface area (Å²) in [4.78, 5) is 13.6. The molecule has 0 saturated carbocycles. The molecule has 0 aliphatic carbocycles. The Labute approximate surface area is 102 Å². The second-order valence-electron chi connectivity index (χ2n) is 4.31. The zero-order valence-electron chi connectivity index (χ0n) is 10.8. The lowest BCUT2D eigenvalue weighted by atomic mass is 10.1. The number of amides is 1. The molecule has 0 aliphatic rings. The molecule has 100 valence electrons. The molecule has 0 aromatic rings. The third-order valence-corrected chi connectivity index (χ3v) is 2.27. The van der Waals surface area contributed by atoms with Crippen LogP contribution in [0.1, 0.15) is 26.7 Å². The maximum atomic E-state index is 11.9. The van der Waals surface area contributed by atoms with E-state index >= 15 is 0 Å². The zero-order chi connectivity index (χ0) is 13.3. The third-order valence-electron chi connectivity index (χ3n) is 2.27. The van der Waals surface area contributed by atoms with Crippen LogP contribution in [0.5, 0.6) is 0 Å². The summed E-state index contributed by atoms with van der Waals surface area (Å²) in [6, 6.07) is 0. The van der Waals surface area contributed by atoms with E-state index in [0.717, 1.165) is 0 Å². The van der Waals surface area contributed by atoms with Gasteiger partial charge in [-0.1, -0.05) is 19.0 Å². The molecule has 0 bridgehead atoms. The number of carbonyl (C=O) groups excluding carboxylic acids is 1. The van der Waals surface area contributed by atoms with Gasteiger partial charge in [-0.2, -0.15) is 0 Å². The van der Waals surface area contributed by atoms with E-state index in [4.69, 9.17) is 15.7 Å². The van der Waals surface area contributed by atoms with Gasteiger partial charge < -0.3 is 20.6 Å². The van der Waals surface area contributed by atoms with Crippen molar-refractivity contribution >= 4 is 11.7 Å². The Hall–Kier alpha value is -1.30. The van der Waals surface area contributed by atoms with E-state index in [9.17, 15) is 4.79 Å². The molecule has 0 aromatic carbocycles. The second-order valence-corrected chi connectivity index (χ2v) is 4.31. The van der Waals surface area contributed by atoms with Gasteiger partial charge in [0, 0.05) is 33.0 Å². The van der Waals surface area contributed by atoms with E-state index in [1.54, 1.807) is 12.0 Å². The van der Waals surface area contributed by atoms with Crippen LogP contribution in [0.2, 0.25) is 0 Å². The van der Waals surface area contributed by atoms with Crippen molar-refractivity contribution < 1.29 is 14.7 Å². The standard InChI is InChI=1S/C11H23N3O3/c1-9(2)8-11(15)14(6-7-17-3)5-4-10(12)13-16/h9,16H,4-8H2,1-3H3,(H2,12,13). The van der Waals surface area contributed by atoms with Crippen LogP contribution in [-0.2, 0) is 9.53 Å². The van der Waals surface area contributed by atoms with Crippen molar-refractivity contribution in [3.63, 3.8) is 0 Å². The lowest BCUT2D eigenvalue weighted by Crippen LogP contribution is -2.37. The SMILES string of the molecule is COCCN(CCC(N)=NO)C(=O)CC(C)C. The lowest BCUT2D eigenvalue weighted by molar-refractivity contribution is -0.132. The predicted octanol–water partition coefficient (Wildman–Crippen LogP) is 0.644.